The molecule has 0 bridgehead atoms. The third kappa shape index (κ3) is 5.59. The molecule has 2 aliphatic heterocycles. The summed E-state index contributed by atoms with van der Waals surface area (Å²) < 4.78 is 5.89. The number of benzene rings is 2. The van der Waals surface area contributed by atoms with Crippen LogP contribution in [0, 0.1) is 5.41 Å². The average Bonchev–Trinajstić information content (AvgIpc) is 2.82. The molecule has 1 unspecified atom stereocenters. The fourth-order valence-corrected chi connectivity index (χ4v) is 4.32. The zero-order valence-corrected chi connectivity index (χ0v) is 21.9. The molecule has 6 heteroatoms. The molecular weight excluding hydrogens is 450 g/mol. The first-order chi connectivity index (χ1) is 16.9. The Hall–Kier alpha value is -3.67. The van der Waals surface area contributed by atoms with Crippen LogP contribution in [0.4, 0.5) is 11.4 Å². The van der Waals surface area contributed by atoms with Gasteiger partial charge in [-0.1, -0.05) is 36.4 Å². The fraction of sp³-hybridized carbons (Fsp3) is 0.367. The minimum absolute atomic E-state index is 0.0831. The van der Waals surface area contributed by atoms with Gasteiger partial charge in [-0.15, -0.1) is 0 Å². The molecule has 1 amide bonds. The van der Waals surface area contributed by atoms with Gasteiger partial charge in [0, 0.05) is 28.9 Å². The van der Waals surface area contributed by atoms with Gasteiger partial charge in [0.05, 0.1) is 17.0 Å². The van der Waals surface area contributed by atoms with Crippen molar-refractivity contribution in [1.29, 1.82) is 0 Å². The molecule has 2 aromatic rings. The molecule has 4 rings (SSSR count). The summed E-state index contributed by atoms with van der Waals surface area (Å²) in [4.78, 5) is 29.7. The molecule has 0 radical (unpaired) electrons. The summed E-state index contributed by atoms with van der Waals surface area (Å²) in [6.45, 7) is 11.8. The summed E-state index contributed by atoms with van der Waals surface area (Å²) in [5, 5.41) is 6.57. The van der Waals surface area contributed by atoms with Crippen molar-refractivity contribution < 1.29 is 14.3 Å². The highest BCUT2D eigenvalue weighted by atomic mass is 16.5. The van der Waals surface area contributed by atoms with E-state index in [1.54, 1.807) is 6.92 Å². The highest BCUT2D eigenvalue weighted by Gasteiger charge is 2.29. The third-order valence-corrected chi connectivity index (χ3v) is 6.72. The number of hydrogen-bond donors (Lipinski definition) is 2. The van der Waals surface area contributed by atoms with Crippen LogP contribution in [0.3, 0.4) is 0 Å². The molecule has 1 atom stereocenters. The lowest BCUT2D eigenvalue weighted by atomic mass is 9.87. The van der Waals surface area contributed by atoms with Crippen molar-refractivity contribution in [2.45, 2.75) is 59.5 Å². The van der Waals surface area contributed by atoms with Crippen molar-refractivity contribution >= 4 is 40.1 Å². The zero-order valence-electron chi connectivity index (χ0n) is 21.9. The lowest BCUT2D eigenvalue weighted by Gasteiger charge is -2.32. The molecule has 2 aliphatic rings. The summed E-state index contributed by atoms with van der Waals surface area (Å²) in [5.74, 6) is 0.619. The SMILES string of the molecule is CC(=O)C(C)(C)COC1=NC(C)C(c2ccc3c(c2)NC(C)(C)C=C3C(=O)Nc2ccccc2)=CC1. The Morgan fingerprint density at radius 2 is 1.89 bits per heavy atom. The molecule has 0 saturated carbocycles. The molecule has 2 N–H and O–H groups in total. The zero-order chi connectivity index (χ0) is 26.1. The maximum atomic E-state index is 13.2. The minimum Gasteiger partial charge on any atom is -0.480 e. The maximum absolute atomic E-state index is 13.2. The summed E-state index contributed by atoms with van der Waals surface area (Å²) in [6.07, 6.45) is 4.70. The molecule has 0 saturated heterocycles. The van der Waals surface area contributed by atoms with E-state index in [4.69, 9.17) is 9.73 Å². The number of ketones is 1. The fourth-order valence-electron chi connectivity index (χ4n) is 4.32. The van der Waals surface area contributed by atoms with Gasteiger partial charge in [0.1, 0.15) is 12.4 Å². The molecule has 0 spiro atoms. The van der Waals surface area contributed by atoms with Crippen molar-refractivity contribution in [1.82, 2.24) is 0 Å². The number of dihydropyridines is 1. The van der Waals surface area contributed by atoms with Crippen molar-refractivity contribution in [2.75, 3.05) is 17.2 Å². The normalized spacial score (nSPS) is 18.6. The number of fused-ring (bicyclic) bond motifs is 1. The summed E-state index contributed by atoms with van der Waals surface area (Å²) in [5.41, 5.74) is 4.45. The molecule has 2 aromatic carbocycles. The van der Waals surface area contributed by atoms with E-state index in [9.17, 15) is 9.59 Å². The Bertz CT molecular complexity index is 1270. The Morgan fingerprint density at radius 1 is 1.17 bits per heavy atom. The van der Waals surface area contributed by atoms with Crippen molar-refractivity contribution in [3.8, 4) is 0 Å². The van der Waals surface area contributed by atoms with E-state index in [1.165, 1.54) is 0 Å². The Balaban J connectivity index is 1.54. The number of anilines is 2. The monoisotopic (exact) mass is 485 g/mol. The van der Waals surface area contributed by atoms with E-state index in [0.29, 0.717) is 24.5 Å². The third-order valence-electron chi connectivity index (χ3n) is 6.72. The van der Waals surface area contributed by atoms with Gasteiger partial charge in [0.15, 0.2) is 5.90 Å². The van der Waals surface area contributed by atoms with Crippen molar-refractivity contribution in [3.63, 3.8) is 0 Å². The molecule has 188 valence electrons. The molecule has 0 fully saturated rings. The van der Waals surface area contributed by atoms with Gasteiger partial charge in [-0.2, -0.15) is 0 Å². The van der Waals surface area contributed by atoms with Crippen LogP contribution in [-0.2, 0) is 14.3 Å². The topological polar surface area (TPSA) is 79.8 Å². The first kappa shape index (κ1) is 25.4. The van der Waals surface area contributed by atoms with E-state index < -0.39 is 5.41 Å². The molecule has 0 aliphatic carbocycles. The van der Waals surface area contributed by atoms with Gasteiger partial charge >= 0.3 is 0 Å². The van der Waals surface area contributed by atoms with Gasteiger partial charge in [-0.25, -0.2) is 4.99 Å². The Labute approximate surface area is 213 Å². The van der Waals surface area contributed by atoms with Crippen LogP contribution >= 0.6 is 0 Å². The number of hydrogen-bond acceptors (Lipinski definition) is 5. The molecule has 36 heavy (non-hydrogen) atoms. The van der Waals surface area contributed by atoms with Gasteiger partial charge in [-0.3, -0.25) is 9.59 Å². The Morgan fingerprint density at radius 3 is 2.56 bits per heavy atom. The number of aliphatic imine (C=N–C) groups is 1. The first-order valence-electron chi connectivity index (χ1n) is 12.4. The van der Waals surface area contributed by atoms with Crippen molar-refractivity contribution in [2.24, 2.45) is 10.4 Å². The van der Waals surface area contributed by atoms with Crippen molar-refractivity contribution in [3.05, 3.63) is 71.8 Å². The number of rotatable bonds is 6. The van der Waals surface area contributed by atoms with Gasteiger partial charge < -0.3 is 15.4 Å². The average molecular weight is 486 g/mol. The first-order valence-corrected chi connectivity index (χ1v) is 12.4. The lowest BCUT2D eigenvalue weighted by Crippen LogP contribution is -2.34. The highest BCUT2D eigenvalue weighted by molar-refractivity contribution is 6.27. The second-order valence-electron chi connectivity index (χ2n) is 10.8. The van der Waals surface area contributed by atoms with E-state index >= 15 is 0 Å². The second kappa shape index (κ2) is 9.76. The standard InChI is InChI=1S/C30H35N3O3/c1-19-23(14-15-27(31-19)36-18-29(3,4)20(2)34)21-12-13-24-25(17-30(5,6)33-26(24)16-21)28(35)32-22-10-8-7-9-11-22/h7-14,16-17,19,33H,15,18H2,1-6H3,(H,32,35). The number of carbonyl (C=O) groups excluding carboxylic acids is 2. The largest absolute Gasteiger partial charge is 0.480 e. The number of ether oxygens (including phenoxy) is 1. The van der Waals surface area contributed by atoms with Gasteiger partial charge in [0.25, 0.3) is 5.91 Å². The molecular formula is C30H35N3O3. The van der Waals surface area contributed by atoms with E-state index in [2.05, 4.69) is 36.6 Å². The maximum Gasteiger partial charge on any atom is 0.256 e. The highest BCUT2D eigenvalue weighted by Crippen LogP contribution is 2.37. The van der Waals surface area contributed by atoms with Gasteiger partial charge in [0.2, 0.25) is 0 Å². The van der Waals surface area contributed by atoms with Crippen LogP contribution in [0.15, 0.2) is 65.7 Å². The minimum atomic E-state index is -0.537. The molecule has 0 aromatic heterocycles. The molecule has 6 nitrogen and oxygen atoms in total. The number of nitrogens with one attached hydrogen (secondary N) is 2. The van der Waals surface area contributed by atoms with E-state index in [0.717, 1.165) is 28.1 Å². The van der Waals surface area contributed by atoms with Crippen LogP contribution < -0.4 is 10.6 Å². The molecule has 2 heterocycles. The van der Waals surface area contributed by atoms with Gasteiger partial charge in [-0.05, 0) is 77.0 Å². The quantitative estimate of drug-likeness (QED) is 0.517. The number of para-hydroxylation sites is 1. The van der Waals surface area contributed by atoms with E-state index in [-0.39, 0.29) is 23.3 Å². The second-order valence-corrected chi connectivity index (χ2v) is 10.8. The number of Topliss-reactive ketones (excluding diaryl/α,β-unsaturated/α-hetero) is 1. The van der Waals surface area contributed by atoms with Crippen LogP contribution in [0.5, 0.6) is 0 Å². The number of amides is 1. The smallest absolute Gasteiger partial charge is 0.256 e. The van der Waals surface area contributed by atoms with Crippen LogP contribution in [-0.4, -0.2) is 35.8 Å². The van der Waals surface area contributed by atoms with Crippen LogP contribution in [0.2, 0.25) is 0 Å². The Kier molecular flexibility index (Phi) is 6.90. The number of carbonyl (C=O) groups is 2. The predicted molar refractivity (Wildman–Crippen MR) is 147 cm³/mol. The predicted octanol–water partition coefficient (Wildman–Crippen LogP) is 6.12. The van der Waals surface area contributed by atoms with Crippen LogP contribution in [0.1, 0.15) is 59.1 Å². The summed E-state index contributed by atoms with van der Waals surface area (Å²) in [7, 11) is 0. The summed E-state index contributed by atoms with van der Waals surface area (Å²) in [6, 6.07) is 15.6. The van der Waals surface area contributed by atoms with E-state index in [1.807, 2.05) is 69.3 Å². The lowest BCUT2D eigenvalue weighted by molar-refractivity contribution is -0.126. The summed E-state index contributed by atoms with van der Waals surface area (Å²) >= 11 is 0. The number of nitrogens with zero attached hydrogens (tertiary/aromatic N) is 1. The van der Waals surface area contributed by atoms with Crippen LogP contribution in [0.25, 0.3) is 11.1 Å².